The predicted octanol–water partition coefficient (Wildman–Crippen LogP) is 6.45. The molecular formula is C34H42ClN3O4S. The minimum atomic E-state index is -4.15. The summed E-state index contributed by atoms with van der Waals surface area (Å²) in [7, 11) is -4.15. The normalized spacial score (nSPS) is 14.6. The number of nitrogens with one attached hydrogen (secondary N) is 1. The Balaban J connectivity index is 1.70. The molecule has 3 aromatic rings. The third kappa shape index (κ3) is 8.18. The number of benzene rings is 3. The molecule has 0 heterocycles. The van der Waals surface area contributed by atoms with Gasteiger partial charge in [-0.3, -0.25) is 13.9 Å². The van der Waals surface area contributed by atoms with Crippen molar-refractivity contribution in [3.8, 4) is 0 Å². The van der Waals surface area contributed by atoms with E-state index in [9.17, 15) is 18.0 Å². The summed E-state index contributed by atoms with van der Waals surface area (Å²) in [6.07, 6.45) is 6.10. The number of anilines is 1. The maximum Gasteiger partial charge on any atom is 0.264 e. The van der Waals surface area contributed by atoms with Gasteiger partial charge in [-0.1, -0.05) is 91.9 Å². The van der Waals surface area contributed by atoms with Crippen LogP contribution < -0.4 is 9.62 Å². The molecule has 1 fully saturated rings. The van der Waals surface area contributed by atoms with Gasteiger partial charge in [-0.05, 0) is 74.9 Å². The molecule has 9 heteroatoms. The Morgan fingerprint density at radius 2 is 1.60 bits per heavy atom. The molecule has 1 aliphatic rings. The first-order chi connectivity index (χ1) is 20.6. The summed E-state index contributed by atoms with van der Waals surface area (Å²) in [5.41, 5.74) is 2.81. The molecule has 0 aromatic heterocycles. The van der Waals surface area contributed by atoms with Crippen molar-refractivity contribution in [2.45, 2.75) is 82.7 Å². The van der Waals surface area contributed by atoms with Crippen LogP contribution in [0, 0.1) is 13.8 Å². The van der Waals surface area contributed by atoms with Gasteiger partial charge in [0.05, 0.1) is 10.6 Å². The summed E-state index contributed by atoms with van der Waals surface area (Å²) in [5.74, 6) is -0.640. The van der Waals surface area contributed by atoms with E-state index in [-0.39, 0.29) is 23.4 Å². The van der Waals surface area contributed by atoms with E-state index in [4.69, 9.17) is 11.6 Å². The molecule has 43 heavy (non-hydrogen) atoms. The van der Waals surface area contributed by atoms with Gasteiger partial charge in [-0.25, -0.2) is 8.42 Å². The second kappa shape index (κ2) is 14.9. The second-order valence-corrected chi connectivity index (χ2v) is 13.6. The van der Waals surface area contributed by atoms with E-state index in [2.05, 4.69) is 5.32 Å². The second-order valence-electron chi connectivity index (χ2n) is 11.3. The number of hydrogen-bond acceptors (Lipinski definition) is 4. The van der Waals surface area contributed by atoms with Crippen LogP contribution in [0.4, 0.5) is 5.69 Å². The van der Waals surface area contributed by atoms with Gasteiger partial charge in [0.2, 0.25) is 11.8 Å². The molecule has 230 valence electrons. The zero-order valence-corrected chi connectivity index (χ0v) is 26.8. The van der Waals surface area contributed by atoms with Crippen LogP contribution in [0.25, 0.3) is 0 Å². The number of rotatable bonds is 12. The standard InChI is InChI=1S/C34H42ClN3O4S/c1-4-31(34(40)36-28-14-9-6-10-15-28)37(23-22-27-12-7-5-8-13-27)33(39)24-38(32-17-11-16-30(35)26(32)3)43(41,42)29-20-18-25(2)19-21-29/h5,7-8,11-13,16-21,28,31H,4,6,9-10,14-15,22-24H2,1-3H3,(H,36,40)/t31-/m0/s1. The highest BCUT2D eigenvalue weighted by molar-refractivity contribution is 7.92. The van der Waals surface area contributed by atoms with Crippen molar-refractivity contribution in [2.75, 3.05) is 17.4 Å². The fourth-order valence-corrected chi connectivity index (χ4v) is 7.30. The molecule has 1 N–H and O–H groups in total. The highest BCUT2D eigenvalue weighted by Crippen LogP contribution is 2.31. The van der Waals surface area contributed by atoms with E-state index in [0.717, 1.165) is 41.1 Å². The number of halogens is 1. The summed E-state index contributed by atoms with van der Waals surface area (Å²) in [6, 6.07) is 20.7. The molecule has 0 bridgehead atoms. The number of nitrogens with zero attached hydrogens (tertiary/aromatic N) is 2. The van der Waals surface area contributed by atoms with Crippen LogP contribution in [0.5, 0.6) is 0 Å². The summed E-state index contributed by atoms with van der Waals surface area (Å²) >= 11 is 6.43. The SMILES string of the molecule is CC[C@@H](C(=O)NC1CCCCC1)N(CCc1ccccc1)C(=O)CN(c1cccc(Cl)c1C)S(=O)(=O)c1ccc(C)cc1. The topological polar surface area (TPSA) is 86.8 Å². The maximum atomic E-state index is 14.3. The van der Waals surface area contributed by atoms with Crippen LogP contribution in [0.3, 0.4) is 0 Å². The lowest BCUT2D eigenvalue weighted by Crippen LogP contribution is -2.54. The van der Waals surface area contributed by atoms with Crippen molar-refractivity contribution in [1.29, 1.82) is 0 Å². The molecule has 0 saturated heterocycles. The van der Waals surface area contributed by atoms with Crippen molar-refractivity contribution < 1.29 is 18.0 Å². The van der Waals surface area contributed by atoms with Gasteiger partial charge in [-0.15, -0.1) is 0 Å². The lowest BCUT2D eigenvalue weighted by Gasteiger charge is -2.34. The Morgan fingerprint density at radius 3 is 2.26 bits per heavy atom. The molecule has 0 aliphatic heterocycles. The molecule has 2 amide bonds. The van der Waals surface area contributed by atoms with Crippen LogP contribution in [-0.4, -0.2) is 50.3 Å². The van der Waals surface area contributed by atoms with Gasteiger partial charge in [0.1, 0.15) is 12.6 Å². The molecule has 0 spiro atoms. The third-order valence-electron chi connectivity index (χ3n) is 8.22. The molecule has 1 aliphatic carbocycles. The van der Waals surface area contributed by atoms with Crippen molar-refractivity contribution >= 4 is 39.1 Å². The van der Waals surface area contributed by atoms with Gasteiger partial charge in [-0.2, -0.15) is 0 Å². The zero-order valence-electron chi connectivity index (χ0n) is 25.3. The van der Waals surface area contributed by atoms with Crippen molar-refractivity contribution in [3.63, 3.8) is 0 Å². The number of aryl methyl sites for hydroxylation is 1. The van der Waals surface area contributed by atoms with Crippen LogP contribution >= 0.6 is 11.6 Å². The number of sulfonamides is 1. The fourth-order valence-electron chi connectivity index (χ4n) is 5.66. The minimum Gasteiger partial charge on any atom is -0.352 e. The molecule has 7 nitrogen and oxygen atoms in total. The molecule has 4 rings (SSSR count). The number of carbonyl (C=O) groups excluding carboxylic acids is 2. The van der Waals surface area contributed by atoms with Gasteiger partial charge < -0.3 is 10.2 Å². The Bertz CT molecular complexity index is 1490. The first-order valence-electron chi connectivity index (χ1n) is 15.1. The number of hydrogen-bond donors (Lipinski definition) is 1. The van der Waals surface area contributed by atoms with Crippen LogP contribution in [0.2, 0.25) is 5.02 Å². The Labute approximate surface area is 261 Å². The number of carbonyl (C=O) groups is 2. The number of amides is 2. The van der Waals surface area contributed by atoms with Crippen LogP contribution in [-0.2, 0) is 26.0 Å². The summed E-state index contributed by atoms with van der Waals surface area (Å²) in [5, 5.41) is 3.58. The van der Waals surface area contributed by atoms with E-state index in [1.54, 1.807) is 54.3 Å². The van der Waals surface area contributed by atoms with E-state index in [1.165, 1.54) is 6.42 Å². The van der Waals surface area contributed by atoms with Crippen LogP contribution in [0.15, 0.2) is 77.7 Å². The van der Waals surface area contributed by atoms with E-state index >= 15 is 0 Å². The van der Waals surface area contributed by atoms with E-state index in [0.29, 0.717) is 29.1 Å². The van der Waals surface area contributed by atoms with Gasteiger partial charge >= 0.3 is 0 Å². The largest absolute Gasteiger partial charge is 0.352 e. The average molecular weight is 624 g/mol. The highest BCUT2D eigenvalue weighted by atomic mass is 35.5. The third-order valence-corrected chi connectivity index (χ3v) is 10.4. The predicted molar refractivity (Wildman–Crippen MR) is 173 cm³/mol. The van der Waals surface area contributed by atoms with Gasteiger partial charge in [0.15, 0.2) is 0 Å². The molecule has 1 saturated carbocycles. The van der Waals surface area contributed by atoms with Crippen molar-refractivity contribution in [2.24, 2.45) is 0 Å². The Hall–Kier alpha value is -3.36. The van der Waals surface area contributed by atoms with Gasteiger partial charge in [0.25, 0.3) is 10.0 Å². The van der Waals surface area contributed by atoms with E-state index in [1.807, 2.05) is 44.2 Å². The maximum absolute atomic E-state index is 14.3. The van der Waals surface area contributed by atoms with Gasteiger partial charge in [0, 0.05) is 17.6 Å². The Morgan fingerprint density at radius 1 is 0.930 bits per heavy atom. The molecular weight excluding hydrogens is 582 g/mol. The smallest absolute Gasteiger partial charge is 0.264 e. The van der Waals surface area contributed by atoms with Crippen LogP contribution in [0.1, 0.15) is 62.1 Å². The highest BCUT2D eigenvalue weighted by Gasteiger charge is 2.34. The zero-order chi connectivity index (χ0) is 31.0. The molecule has 0 unspecified atom stereocenters. The van der Waals surface area contributed by atoms with E-state index < -0.39 is 28.5 Å². The quantitative estimate of drug-likeness (QED) is 0.251. The average Bonchev–Trinajstić information content (AvgIpc) is 3.00. The first kappa shape index (κ1) is 32.6. The Kier molecular flexibility index (Phi) is 11.3. The first-order valence-corrected chi connectivity index (χ1v) is 16.9. The summed E-state index contributed by atoms with van der Waals surface area (Å²) in [4.78, 5) is 29.6. The summed E-state index contributed by atoms with van der Waals surface area (Å²) in [6.45, 7) is 5.30. The minimum absolute atomic E-state index is 0.0724. The lowest BCUT2D eigenvalue weighted by molar-refractivity contribution is -0.140. The lowest BCUT2D eigenvalue weighted by atomic mass is 9.95. The monoisotopic (exact) mass is 623 g/mol. The molecule has 0 radical (unpaired) electrons. The molecule has 3 aromatic carbocycles. The van der Waals surface area contributed by atoms with Crippen molar-refractivity contribution in [3.05, 3.63) is 94.5 Å². The van der Waals surface area contributed by atoms with Crippen molar-refractivity contribution in [1.82, 2.24) is 10.2 Å². The summed E-state index contributed by atoms with van der Waals surface area (Å²) < 4.78 is 29.4. The molecule has 1 atom stereocenters. The fraction of sp³-hybridized carbons (Fsp3) is 0.412.